The van der Waals surface area contributed by atoms with Crippen molar-refractivity contribution in [2.75, 3.05) is 0 Å². The standard InChI is InChI=1S/C16H18OS/c17-16(12-7-3-1-2-4-8-12)15-11-13-9-5-6-10-14(13)18-15/h5-6,9-12H,1-4,7-8H2. The first-order chi connectivity index (χ1) is 8.84. The molecule has 1 saturated carbocycles. The number of hydrogen-bond donors (Lipinski definition) is 0. The largest absolute Gasteiger partial charge is 0.293 e. The maximum atomic E-state index is 12.5. The first-order valence-electron chi connectivity index (χ1n) is 6.87. The Balaban J connectivity index is 1.86. The number of carbonyl (C=O) groups is 1. The molecule has 1 aliphatic rings. The fourth-order valence-corrected chi connectivity index (χ4v) is 3.93. The van der Waals surface area contributed by atoms with E-state index in [9.17, 15) is 4.79 Å². The van der Waals surface area contributed by atoms with E-state index >= 15 is 0 Å². The van der Waals surface area contributed by atoms with Gasteiger partial charge in [0.25, 0.3) is 0 Å². The number of benzene rings is 1. The summed E-state index contributed by atoms with van der Waals surface area (Å²) in [6.45, 7) is 0. The van der Waals surface area contributed by atoms with Gasteiger partial charge in [0, 0.05) is 10.6 Å². The molecule has 0 radical (unpaired) electrons. The highest BCUT2D eigenvalue weighted by molar-refractivity contribution is 7.20. The topological polar surface area (TPSA) is 17.1 Å². The highest BCUT2D eigenvalue weighted by Gasteiger charge is 2.22. The molecule has 1 fully saturated rings. The van der Waals surface area contributed by atoms with Crippen molar-refractivity contribution in [3.63, 3.8) is 0 Å². The average molecular weight is 258 g/mol. The van der Waals surface area contributed by atoms with Gasteiger partial charge in [-0.1, -0.05) is 43.9 Å². The third-order valence-electron chi connectivity index (χ3n) is 3.89. The van der Waals surface area contributed by atoms with Crippen molar-refractivity contribution in [1.29, 1.82) is 0 Å². The molecule has 18 heavy (non-hydrogen) atoms. The minimum Gasteiger partial charge on any atom is -0.293 e. The van der Waals surface area contributed by atoms with E-state index in [1.165, 1.54) is 35.8 Å². The molecule has 0 saturated heterocycles. The molecule has 0 N–H and O–H groups in total. The summed E-state index contributed by atoms with van der Waals surface area (Å²) in [5.74, 6) is 0.665. The molecule has 0 amide bonds. The molecule has 2 aromatic rings. The predicted octanol–water partition coefficient (Wildman–Crippen LogP) is 5.05. The summed E-state index contributed by atoms with van der Waals surface area (Å²) in [6, 6.07) is 10.3. The van der Waals surface area contributed by atoms with Gasteiger partial charge in [0.1, 0.15) is 0 Å². The fourth-order valence-electron chi connectivity index (χ4n) is 2.85. The lowest BCUT2D eigenvalue weighted by Crippen LogP contribution is -2.12. The monoisotopic (exact) mass is 258 g/mol. The molecule has 0 spiro atoms. The zero-order valence-corrected chi connectivity index (χ0v) is 11.3. The van der Waals surface area contributed by atoms with Crippen molar-refractivity contribution < 1.29 is 4.79 Å². The Kier molecular flexibility index (Phi) is 3.46. The molecule has 1 aliphatic carbocycles. The van der Waals surface area contributed by atoms with E-state index in [-0.39, 0.29) is 5.92 Å². The van der Waals surface area contributed by atoms with E-state index in [2.05, 4.69) is 18.2 Å². The molecule has 1 nitrogen and oxygen atoms in total. The summed E-state index contributed by atoms with van der Waals surface area (Å²) in [7, 11) is 0. The number of carbonyl (C=O) groups excluding carboxylic acids is 1. The van der Waals surface area contributed by atoms with Crippen LogP contribution in [0.25, 0.3) is 10.1 Å². The maximum Gasteiger partial charge on any atom is 0.175 e. The van der Waals surface area contributed by atoms with Crippen LogP contribution in [0.5, 0.6) is 0 Å². The third-order valence-corrected chi connectivity index (χ3v) is 5.02. The second kappa shape index (κ2) is 5.23. The van der Waals surface area contributed by atoms with Crippen LogP contribution in [-0.4, -0.2) is 5.78 Å². The molecule has 1 heterocycles. The highest BCUT2D eigenvalue weighted by Crippen LogP contribution is 2.31. The molecule has 3 rings (SSSR count). The molecule has 0 bridgehead atoms. The number of rotatable bonds is 2. The number of ketones is 1. The van der Waals surface area contributed by atoms with Gasteiger partial charge in [-0.25, -0.2) is 0 Å². The van der Waals surface area contributed by atoms with Gasteiger partial charge in [0.05, 0.1) is 4.88 Å². The van der Waals surface area contributed by atoms with Crippen LogP contribution in [0.3, 0.4) is 0 Å². The van der Waals surface area contributed by atoms with Gasteiger partial charge in [-0.3, -0.25) is 4.79 Å². The zero-order chi connectivity index (χ0) is 12.4. The van der Waals surface area contributed by atoms with Crippen LogP contribution >= 0.6 is 11.3 Å². The van der Waals surface area contributed by atoms with E-state index in [0.29, 0.717) is 5.78 Å². The summed E-state index contributed by atoms with van der Waals surface area (Å²) >= 11 is 1.66. The lowest BCUT2D eigenvalue weighted by atomic mass is 9.94. The SMILES string of the molecule is O=C(c1cc2ccccc2s1)C1CCCCCC1. The van der Waals surface area contributed by atoms with E-state index in [1.807, 2.05) is 12.1 Å². The number of thiophene rings is 1. The van der Waals surface area contributed by atoms with E-state index in [4.69, 9.17) is 0 Å². The molecular formula is C16H18OS. The number of hydrogen-bond acceptors (Lipinski definition) is 2. The van der Waals surface area contributed by atoms with Gasteiger partial charge < -0.3 is 0 Å². The number of fused-ring (bicyclic) bond motifs is 1. The van der Waals surface area contributed by atoms with Gasteiger partial charge >= 0.3 is 0 Å². The van der Waals surface area contributed by atoms with Crippen LogP contribution in [0.15, 0.2) is 30.3 Å². The summed E-state index contributed by atoms with van der Waals surface area (Å²) in [6.07, 6.45) is 7.23. The molecule has 0 atom stereocenters. The Hall–Kier alpha value is -1.15. The van der Waals surface area contributed by atoms with Crippen molar-refractivity contribution in [2.24, 2.45) is 5.92 Å². The molecule has 1 aromatic carbocycles. The minimum absolute atomic E-state index is 0.278. The highest BCUT2D eigenvalue weighted by atomic mass is 32.1. The van der Waals surface area contributed by atoms with Crippen molar-refractivity contribution >= 4 is 27.2 Å². The lowest BCUT2D eigenvalue weighted by Gasteiger charge is -2.10. The Morgan fingerprint density at radius 1 is 1.06 bits per heavy atom. The summed E-state index contributed by atoms with van der Waals surface area (Å²) < 4.78 is 1.23. The van der Waals surface area contributed by atoms with E-state index in [0.717, 1.165) is 17.7 Å². The first kappa shape index (κ1) is 11.9. The Bertz CT molecular complexity index is 514. The van der Waals surface area contributed by atoms with E-state index < -0.39 is 0 Å². The van der Waals surface area contributed by atoms with Gasteiger partial charge in [-0.15, -0.1) is 11.3 Å². The maximum absolute atomic E-state index is 12.5. The minimum atomic E-state index is 0.278. The van der Waals surface area contributed by atoms with Crippen LogP contribution in [0.1, 0.15) is 48.2 Å². The molecular weight excluding hydrogens is 240 g/mol. The van der Waals surface area contributed by atoms with Crippen molar-refractivity contribution in [2.45, 2.75) is 38.5 Å². The second-order valence-corrected chi connectivity index (χ2v) is 6.28. The molecule has 0 unspecified atom stereocenters. The summed E-state index contributed by atoms with van der Waals surface area (Å²) in [5, 5.41) is 1.21. The van der Waals surface area contributed by atoms with Gasteiger partial charge in [0.15, 0.2) is 5.78 Å². The smallest absolute Gasteiger partial charge is 0.175 e. The Morgan fingerprint density at radius 2 is 1.78 bits per heavy atom. The third kappa shape index (κ3) is 2.35. The molecule has 1 aromatic heterocycles. The van der Waals surface area contributed by atoms with Crippen LogP contribution < -0.4 is 0 Å². The molecule has 2 heteroatoms. The summed E-state index contributed by atoms with van der Waals surface area (Å²) in [5.41, 5.74) is 0. The average Bonchev–Trinajstić information content (AvgIpc) is 2.64. The Morgan fingerprint density at radius 3 is 2.50 bits per heavy atom. The predicted molar refractivity (Wildman–Crippen MR) is 77.3 cm³/mol. The van der Waals surface area contributed by atoms with Crippen LogP contribution in [-0.2, 0) is 0 Å². The van der Waals surface area contributed by atoms with Crippen molar-refractivity contribution in [3.8, 4) is 0 Å². The molecule has 94 valence electrons. The first-order valence-corrected chi connectivity index (χ1v) is 7.69. The lowest BCUT2D eigenvalue weighted by molar-refractivity contribution is 0.0912. The van der Waals surface area contributed by atoms with Gasteiger partial charge in [-0.2, -0.15) is 0 Å². The van der Waals surface area contributed by atoms with E-state index in [1.54, 1.807) is 11.3 Å². The van der Waals surface area contributed by atoms with Crippen molar-refractivity contribution in [1.82, 2.24) is 0 Å². The molecule has 0 aliphatic heterocycles. The number of Topliss-reactive ketones (excluding diaryl/α,β-unsaturated/α-hetero) is 1. The summed E-state index contributed by atoms with van der Waals surface area (Å²) in [4.78, 5) is 13.5. The quantitative estimate of drug-likeness (QED) is 0.544. The van der Waals surface area contributed by atoms with Crippen LogP contribution in [0, 0.1) is 5.92 Å². The van der Waals surface area contributed by atoms with Gasteiger partial charge in [0.2, 0.25) is 0 Å². The fraction of sp³-hybridized carbons (Fsp3) is 0.438. The zero-order valence-electron chi connectivity index (χ0n) is 10.5. The Labute approximate surface area is 112 Å². The van der Waals surface area contributed by atoms with Gasteiger partial charge in [-0.05, 0) is 30.4 Å². The van der Waals surface area contributed by atoms with Crippen molar-refractivity contribution in [3.05, 3.63) is 35.2 Å². The van der Waals surface area contributed by atoms with Crippen LogP contribution in [0.4, 0.5) is 0 Å². The van der Waals surface area contributed by atoms with Crippen LogP contribution in [0.2, 0.25) is 0 Å². The second-order valence-electron chi connectivity index (χ2n) is 5.20. The normalized spacial score (nSPS) is 17.8.